The SMILES string of the molecule is CC1CCN(CCCOc2ccc([N+](=O)[O-])cc2)CC1O. The second kappa shape index (κ2) is 7.38. The Labute approximate surface area is 124 Å². The predicted octanol–water partition coefficient (Wildman–Crippen LogP) is 2.07. The molecule has 0 saturated carbocycles. The van der Waals surface area contributed by atoms with Crippen molar-refractivity contribution in [3.63, 3.8) is 0 Å². The quantitative estimate of drug-likeness (QED) is 0.494. The highest BCUT2D eigenvalue weighted by Crippen LogP contribution is 2.18. The van der Waals surface area contributed by atoms with Crippen LogP contribution in [-0.4, -0.2) is 47.3 Å². The van der Waals surface area contributed by atoms with Gasteiger partial charge in [0.15, 0.2) is 0 Å². The molecule has 1 aromatic rings. The molecule has 0 amide bonds. The molecule has 1 aliphatic heterocycles. The van der Waals surface area contributed by atoms with E-state index in [-0.39, 0.29) is 11.8 Å². The summed E-state index contributed by atoms with van der Waals surface area (Å²) in [4.78, 5) is 12.4. The summed E-state index contributed by atoms with van der Waals surface area (Å²) in [6, 6.07) is 6.12. The van der Waals surface area contributed by atoms with E-state index >= 15 is 0 Å². The highest BCUT2D eigenvalue weighted by atomic mass is 16.6. The number of nitro groups is 1. The van der Waals surface area contributed by atoms with Gasteiger partial charge in [-0.25, -0.2) is 0 Å². The third kappa shape index (κ3) is 4.68. The molecule has 116 valence electrons. The summed E-state index contributed by atoms with van der Waals surface area (Å²) in [7, 11) is 0. The van der Waals surface area contributed by atoms with E-state index in [1.807, 2.05) is 0 Å². The lowest BCUT2D eigenvalue weighted by Gasteiger charge is -2.34. The number of likely N-dealkylation sites (tertiary alicyclic amines) is 1. The maximum absolute atomic E-state index is 10.5. The molecule has 1 heterocycles. The van der Waals surface area contributed by atoms with Gasteiger partial charge in [-0.15, -0.1) is 0 Å². The molecule has 0 radical (unpaired) electrons. The molecule has 0 bridgehead atoms. The molecule has 1 aliphatic rings. The van der Waals surface area contributed by atoms with Gasteiger partial charge in [-0.2, -0.15) is 0 Å². The summed E-state index contributed by atoms with van der Waals surface area (Å²) in [5, 5.41) is 20.4. The van der Waals surface area contributed by atoms with Crippen molar-refractivity contribution in [2.24, 2.45) is 5.92 Å². The van der Waals surface area contributed by atoms with E-state index in [0.717, 1.165) is 32.5 Å². The maximum Gasteiger partial charge on any atom is 0.269 e. The van der Waals surface area contributed by atoms with Crippen LogP contribution in [0, 0.1) is 16.0 Å². The molecule has 2 unspecified atom stereocenters. The van der Waals surface area contributed by atoms with E-state index in [1.54, 1.807) is 12.1 Å². The Kier molecular flexibility index (Phi) is 5.52. The van der Waals surface area contributed by atoms with Crippen LogP contribution >= 0.6 is 0 Å². The Bertz CT molecular complexity index is 463. The zero-order valence-electron chi connectivity index (χ0n) is 12.3. The number of non-ortho nitro benzene ring substituents is 1. The van der Waals surface area contributed by atoms with E-state index in [1.165, 1.54) is 12.1 Å². The standard InChI is InChI=1S/C15H22N2O4/c1-12-7-9-16(11-15(12)18)8-2-10-21-14-5-3-13(4-6-14)17(19)20/h3-6,12,15,18H,2,7-11H2,1H3. The van der Waals surface area contributed by atoms with Gasteiger partial charge < -0.3 is 14.7 Å². The van der Waals surface area contributed by atoms with Crippen LogP contribution < -0.4 is 4.74 Å². The summed E-state index contributed by atoms with van der Waals surface area (Å²) >= 11 is 0. The van der Waals surface area contributed by atoms with Crippen molar-refractivity contribution in [1.29, 1.82) is 0 Å². The number of hydrogen-bond acceptors (Lipinski definition) is 5. The average molecular weight is 294 g/mol. The van der Waals surface area contributed by atoms with Crippen molar-refractivity contribution in [1.82, 2.24) is 4.90 Å². The first-order chi connectivity index (χ1) is 10.1. The molecule has 2 rings (SSSR count). The first kappa shape index (κ1) is 15.7. The molecular weight excluding hydrogens is 272 g/mol. The minimum atomic E-state index is -0.424. The van der Waals surface area contributed by atoms with E-state index in [2.05, 4.69) is 11.8 Å². The van der Waals surface area contributed by atoms with Gasteiger partial charge in [0.25, 0.3) is 5.69 Å². The molecule has 0 aromatic heterocycles. The summed E-state index contributed by atoms with van der Waals surface area (Å²) < 4.78 is 5.57. The molecule has 21 heavy (non-hydrogen) atoms. The lowest BCUT2D eigenvalue weighted by Crippen LogP contribution is -2.43. The minimum absolute atomic E-state index is 0.0683. The van der Waals surface area contributed by atoms with E-state index in [9.17, 15) is 15.2 Å². The molecule has 6 heteroatoms. The highest BCUT2D eigenvalue weighted by Gasteiger charge is 2.23. The van der Waals surface area contributed by atoms with Crippen LogP contribution in [0.4, 0.5) is 5.69 Å². The number of ether oxygens (including phenoxy) is 1. The van der Waals surface area contributed by atoms with Crippen LogP contribution in [0.1, 0.15) is 19.8 Å². The van der Waals surface area contributed by atoms with Crippen molar-refractivity contribution in [2.75, 3.05) is 26.2 Å². The van der Waals surface area contributed by atoms with Crippen molar-refractivity contribution in [3.05, 3.63) is 34.4 Å². The van der Waals surface area contributed by atoms with Gasteiger partial charge in [0.05, 0.1) is 17.6 Å². The van der Waals surface area contributed by atoms with Crippen molar-refractivity contribution >= 4 is 5.69 Å². The Hall–Kier alpha value is -1.66. The third-order valence-corrected chi connectivity index (χ3v) is 3.94. The van der Waals surface area contributed by atoms with Crippen LogP contribution in [0.15, 0.2) is 24.3 Å². The molecule has 1 N–H and O–H groups in total. The summed E-state index contributed by atoms with van der Waals surface area (Å²) in [5.74, 6) is 1.03. The Morgan fingerprint density at radius 1 is 1.43 bits per heavy atom. The van der Waals surface area contributed by atoms with Crippen LogP contribution in [-0.2, 0) is 0 Å². The van der Waals surface area contributed by atoms with Crippen LogP contribution in [0.25, 0.3) is 0 Å². The summed E-state index contributed by atoms with van der Waals surface area (Å²) in [5.41, 5.74) is 0.0683. The zero-order valence-corrected chi connectivity index (χ0v) is 12.3. The number of β-amino-alcohol motifs (C(OH)–C–C–N with tert-alkyl or cyclic N) is 1. The molecule has 1 aromatic carbocycles. The van der Waals surface area contributed by atoms with Gasteiger partial charge in [-0.3, -0.25) is 10.1 Å². The lowest BCUT2D eigenvalue weighted by molar-refractivity contribution is -0.384. The van der Waals surface area contributed by atoms with Crippen molar-refractivity contribution < 1.29 is 14.8 Å². The number of nitro benzene ring substituents is 1. The lowest BCUT2D eigenvalue weighted by atomic mass is 9.96. The van der Waals surface area contributed by atoms with Crippen LogP contribution in [0.5, 0.6) is 5.75 Å². The molecule has 2 atom stereocenters. The first-order valence-corrected chi connectivity index (χ1v) is 7.34. The molecular formula is C15H22N2O4. The summed E-state index contributed by atoms with van der Waals surface area (Å²) in [6.07, 6.45) is 1.68. The van der Waals surface area contributed by atoms with Gasteiger partial charge in [0.1, 0.15) is 5.75 Å². The zero-order chi connectivity index (χ0) is 15.2. The second-order valence-corrected chi connectivity index (χ2v) is 5.59. The minimum Gasteiger partial charge on any atom is -0.494 e. The third-order valence-electron chi connectivity index (χ3n) is 3.94. The average Bonchev–Trinajstić information content (AvgIpc) is 2.47. The Balaban J connectivity index is 1.66. The number of nitrogens with zero attached hydrogens (tertiary/aromatic N) is 2. The molecule has 1 fully saturated rings. The topological polar surface area (TPSA) is 75.8 Å². The Morgan fingerprint density at radius 2 is 2.14 bits per heavy atom. The van der Waals surface area contributed by atoms with E-state index < -0.39 is 4.92 Å². The van der Waals surface area contributed by atoms with Crippen LogP contribution in [0.3, 0.4) is 0 Å². The fourth-order valence-electron chi connectivity index (χ4n) is 2.46. The smallest absolute Gasteiger partial charge is 0.269 e. The predicted molar refractivity (Wildman–Crippen MR) is 79.4 cm³/mol. The monoisotopic (exact) mass is 294 g/mol. The van der Waals surface area contributed by atoms with Gasteiger partial charge in [0, 0.05) is 25.2 Å². The van der Waals surface area contributed by atoms with Gasteiger partial charge in [0.2, 0.25) is 0 Å². The fourth-order valence-corrected chi connectivity index (χ4v) is 2.46. The van der Waals surface area contributed by atoms with Gasteiger partial charge in [-0.1, -0.05) is 6.92 Å². The molecule has 1 saturated heterocycles. The van der Waals surface area contributed by atoms with Crippen LogP contribution in [0.2, 0.25) is 0 Å². The summed E-state index contributed by atoms with van der Waals surface area (Å²) in [6.45, 7) is 5.31. The Morgan fingerprint density at radius 3 is 2.76 bits per heavy atom. The number of aliphatic hydroxyl groups is 1. The fraction of sp³-hybridized carbons (Fsp3) is 0.600. The maximum atomic E-state index is 10.5. The number of rotatable bonds is 6. The van der Waals surface area contributed by atoms with Gasteiger partial charge in [-0.05, 0) is 37.4 Å². The molecule has 0 aliphatic carbocycles. The normalized spacial score (nSPS) is 23.0. The number of hydrogen-bond donors (Lipinski definition) is 1. The highest BCUT2D eigenvalue weighted by molar-refractivity contribution is 5.35. The molecule has 0 spiro atoms. The second-order valence-electron chi connectivity index (χ2n) is 5.59. The van der Waals surface area contributed by atoms with E-state index in [0.29, 0.717) is 18.3 Å². The van der Waals surface area contributed by atoms with E-state index in [4.69, 9.17) is 4.74 Å². The number of aliphatic hydroxyl groups excluding tert-OH is 1. The van der Waals surface area contributed by atoms with Crippen molar-refractivity contribution in [3.8, 4) is 5.75 Å². The largest absolute Gasteiger partial charge is 0.494 e. The first-order valence-electron chi connectivity index (χ1n) is 7.34. The molecule has 6 nitrogen and oxygen atoms in total. The number of piperidine rings is 1. The van der Waals surface area contributed by atoms with Gasteiger partial charge >= 0.3 is 0 Å². The van der Waals surface area contributed by atoms with Crippen molar-refractivity contribution in [2.45, 2.75) is 25.9 Å². The number of benzene rings is 1.